The molecule has 4 nitrogen and oxygen atoms in total. The number of rotatable bonds is 8. The number of nitrogens with one attached hydrogen (secondary N) is 2. The zero-order chi connectivity index (χ0) is 18.4. The number of benzene rings is 2. The molecule has 2 aromatic rings. The molecule has 0 aromatic heterocycles. The van der Waals surface area contributed by atoms with Gasteiger partial charge in [-0.05, 0) is 35.1 Å². The molecule has 1 aliphatic rings. The van der Waals surface area contributed by atoms with Crippen molar-refractivity contribution in [3.8, 4) is 11.1 Å². The van der Waals surface area contributed by atoms with Crippen LogP contribution < -0.4 is 10.9 Å². The number of hydrazine groups is 1. The minimum Gasteiger partial charge on any atom is -0.448 e. The van der Waals surface area contributed by atoms with Crippen LogP contribution in [0.1, 0.15) is 56.6 Å². The molecular formula is C22H28N2O2. The van der Waals surface area contributed by atoms with Gasteiger partial charge in [0.25, 0.3) is 0 Å². The molecule has 1 unspecified atom stereocenters. The van der Waals surface area contributed by atoms with E-state index in [9.17, 15) is 4.79 Å². The third kappa shape index (κ3) is 4.07. The summed E-state index contributed by atoms with van der Waals surface area (Å²) in [6.07, 6.45) is 3.92. The molecule has 1 amide bonds. The summed E-state index contributed by atoms with van der Waals surface area (Å²) in [7, 11) is 0. The van der Waals surface area contributed by atoms with Crippen molar-refractivity contribution in [3.63, 3.8) is 0 Å². The van der Waals surface area contributed by atoms with E-state index in [0.29, 0.717) is 6.61 Å². The maximum atomic E-state index is 12.1. The van der Waals surface area contributed by atoms with Gasteiger partial charge in [-0.25, -0.2) is 10.2 Å². The second-order valence-electron chi connectivity index (χ2n) is 6.84. The van der Waals surface area contributed by atoms with Gasteiger partial charge in [0.05, 0.1) is 0 Å². The highest BCUT2D eigenvalue weighted by molar-refractivity contribution is 5.79. The molecule has 2 N–H and O–H groups in total. The quantitative estimate of drug-likeness (QED) is 0.658. The minimum absolute atomic E-state index is 0.0928. The van der Waals surface area contributed by atoms with Crippen LogP contribution >= 0.6 is 0 Å². The van der Waals surface area contributed by atoms with Crippen LogP contribution in [-0.4, -0.2) is 18.7 Å². The van der Waals surface area contributed by atoms with Gasteiger partial charge >= 0.3 is 6.09 Å². The normalized spacial score (nSPS) is 13.8. The van der Waals surface area contributed by atoms with E-state index in [0.717, 1.165) is 25.7 Å². The Kier molecular flexibility index (Phi) is 6.29. The number of ether oxygens (including phenoxy) is 1. The first kappa shape index (κ1) is 18.5. The number of amides is 1. The second-order valence-corrected chi connectivity index (χ2v) is 6.84. The smallest absolute Gasteiger partial charge is 0.421 e. The number of carbonyl (C=O) groups excluding carboxylic acids is 1. The van der Waals surface area contributed by atoms with Gasteiger partial charge in [0.15, 0.2) is 0 Å². The number of carbonyl (C=O) groups is 1. The molecule has 1 aliphatic carbocycles. The standard InChI is InChI=1S/C22H28N2O2/c1-3-5-10-16(4-2)23-24-22(25)26-15-21-19-13-8-6-11-17(19)18-12-7-9-14-20(18)21/h6-9,11-14,16,21,23H,3-5,10,15H2,1-2H3,(H,24,25). The molecule has 0 bridgehead atoms. The lowest BCUT2D eigenvalue weighted by atomic mass is 9.98. The first-order valence-electron chi connectivity index (χ1n) is 9.61. The maximum absolute atomic E-state index is 12.1. The van der Waals surface area contributed by atoms with E-state index in [-0.39, 0.29) is 12.0 Å². The summed E-state index contributed by atoms with van der Waals surface area (Å²) in [6, 6.07) is 17.0. The molecule has 0 spiro atoms. The van der Waals surface area contributed by atoms with Crippen LogP contribution in [0.4, 0.5) is 4.79 Å². The summed E-state index contributed by atoms with van der Waals surface area (Å²) >= 11 is 0. The number of hydrogen-bond donors (Lipinski definition) is 2. The van der Waals surface area contributed by atoms with Gasteiger partial charge in [-0.1, -0.05) is 75.2 Å². The van der Waals surface area contributed by atoms with Crippen LogP contribution in [0.2, 0.25) is 0 Å². The van der Waals surface area contributed by atoms with Crippen molar-refractivity contribution in [2.24, 2.45) is 0 Å². The van der Waals surface area contributed by atoms with Crippen molar-refractivity contribution < 1.29 is 9.53 Å². The number of hydrogen-bond acceptors (Lipinski definition) is 3. The predicted molar refractivity (Wildman–Crippen MR) is 105 cm³/mol. The highest BCUT2D eigenvalue weighted by atomic mass is 16.6. The largest absolute Gasteiger partial charge is 0.448 e. The van der Waals surface area contributed by atoms with Crippen LogP contribution in [-0.2, 0) is 4.74 Å². The van der Waals surface area contributed by atoms with Gasteiger partial charge in [-0.3, -0.25) is 5.43 Å². The lowest BCUT2D eigenvalue weighted by molar-refractivity contribution is 0.135. The van der Waals surface area contributed by atoms with Crippen molar-refractivity contribution in [2.45, 2.75) is 51.5 Å². The molecule has 0 saturated heterocycles. The fraction of sp³-hybridized carbons (Fsp3) is 0.409. The first-order chi connectivity index (χ1) is 12.7. The first-order valence-corrected chi connectivity index (χ1v) is 9.61. The highest BCUT2D eigenvalue weighted by Crippen LogP contribution is 2.44. The summed E-state index contributed by atoms with van der Waals surface area (Å²) < 4.78 is 5.53. The van der Waals surface area contributed by atoms with Crippen LogP contribution in [0, 0.1) is 0 Å². The number of unbranched alkanes of at least 4 members (excludes halogenated alkanes) is 1. The van der Waals surface area contributed by atoms with Gasteiger partial charge in [-0.15, -0.1) is 0 Å². The van der Waals surface area contributed by atoms with Crippen LogP contribution in [0.15, 0.2) is 48.5 Å². The summed E-state index contributed by atoms with van der Waals surface area (Å²) in [6.45, 7) is 4.63. The Labute approximate surface area is 155 Å². The summed E-state index contributed by atoms with van der Waals surface area (Å²) in [4.78, 5) is 12.1. The molecular weight excluding hydrogens is 324 g/mol. The molecule has 4 heteroatoms. The van der Waals surface area contributed by atoms with Crippen molar-refractivity contribution in [1.29, 1.82) is 0 Å². The average Bonchev–Trinajstić information content (AvgIpc) is 3.00. The zero-order valence-corrected chi connectivity index (χ0v) is 15.6. The second kappa shape index (κ2) is 8.86. The van der Waals surface area contributed by atoms with Gasteiger partial charge in [-0.2, -0.15) is 0 Å². The van der Waals surface area contributed by atoms with E-state index in [4.69, 9.17) is 4.74 Å². The molecule has 0 fully saturated rings. The SMILES string of the molecule is CCCCC(CC)NNC(=O)OCC1c2ccccc2-c2ccccc21. The van der Waals surface area contributed by atoms with Crippen molar-refractivity contribution in [1.82, 2.24) is 10.9 Å². The summed E-state index contributed by atoms with van der Waals surface area (Å²) in [5.74, 6) is 0.0928. The third-order valence-electron chi connectivity index (χ3n) is 5.12. The molecule has 138 valence electrons. The van der Waals surface area contributed by atoms with E-state index >= 15 is 0 Å². The van der Waals surface area contributed by atoms with Gasteiger partial charge in [0.1, 0.15) is 6.61 Å². The Balaban J connectivity index is 1.59. The van der Waals surface area contributed by atoms with Gasteiger partial charge in [0, 0.05) is 12.0 Å². The van der Waals surface area contributed by atoms with E-state index in [1.54, 1.807) is 0 Å². The van der Waals surface area contributed by atoms with E-state index < -0.39 is 6.09 Å². The zero-order valence-electron chi connectivity index (χ0n) is 15.6. The molecule has 2 aromatic carbocycles. The molecule has 1 atom stereocenters. The minimum atomic E-state index is -0.415. The Bertz CT molecular complexity index is 699. The van der Waals surface area contributed by atoms with Crippen LogP contribution in [0.25, 0.3) is 11.1 Å². The van der Waals surface area contributed by atoms with Gasteiger partial charge < -0.3 is 4.74 Å². The van der Waals surface area contributed by atoms with E-state index in [1.165, 1.54) is 22.3 Å². The van der Waals surface area contributed by atoms with Crippen LogP contribution in [0.5, 0.6) is 0 Å². The Morgan fingerprint density at radius 1 is 1.04 bits per heavy atom. The average molecular weight is 352 g/mol. The lowest BCUT2D eigenvalue weighted by Crippen LogP contribution is -2.44. The maximum Gasteiger partial charge on any atom is 0.421 e. The predicted octanol–water partition coefficient (Wildman–Crippen LogP) is 5.00. The van der Waals surface area contributed by atoms with Crippen molar-refractivity contribution >= 4 is 6.09 Å². The Morgan fingerprint density at radius 2 is 1.65 bits per heavy atom. The highest BCUT2D eigenvalue weighted by Gasteiger charge is 2.28. The van der Waals surface area contributed by atoms with Crippen molar-refractivity contribution in [3.05, 3.63) is 59.7 Å². The third-order valence-corrected chi connectivity index (χ3v) is 5.12. The summed E-state index contributed by atoms with van der Waals surface area (Å²) in [5, 5.41) is 0. The van der Waals surface area contributed by atoms with E-state index in [1.807, 2.05) is 12.1 Å². The summed E-state index contributed by atoms with van der Waals surface area (Å²) in [5.41, 5.74) is 10.7. The molecule has 0 radical (unpaired) electrons. The van der Waals surface area contributed by atoms with Crippen LogP contribution in [0.3, 0.4) is 0 Å². The Morgan fingerprint density at radius 3 is 2.23 bits per heavy atom. The molecule has 0 heterocycles. The molecule has 0 saturated carbocycles. The van der Waals surface area contributed by atoms with E-state index in [2.05, 4.69) is 61.1 Å². The fourth-order valence-electron chi connectivity index (χ4n) is 3.62. The number of fused-ring (bicyclic) bond motifs is 3. The Hall–Kier alpha value is -2.33. The lowest BCUT2D eigenvalue weighted by Gasteiger charge is -2.18. The molecule has 0 aliphatic heterocycles. The topological polar surface area (TPSA) is 50.4 Å². The molecule has 3 rings (SSSR count). The van der Waals surface area contributed by atoms with Crippen molar-refractivity contribution in [2.75, 3.05) is 6.61 Å². The monoisotopic (exact) mass is 352 g/mol. The van der Waals surface area contributed by atoms with Gasteiger partial charge in [0.2, 0.25) is 0 Å². The molecule has 26 heavy (non-hydrogen) atoms. The fourth-order valence-corrected chi connectivity index (χ4v) is 3.62.